The van der Waals surface area contributed by atoms with Gasteiger partial charge >= 0.3 is 6.03 Å². The molecule has 8 heteroatoms. The molecular weight excluding hydrogens is 330 g/mol. The van der Waals surface area contributed by atoms with E-state index in [-0.39, 0.29) is 12.1 Å². The van der Waals surface area contributed by atoms with Crippen LogP contribution in [0.25, 0.3) is 11.5 Å². The molecule has 8 nitrogen and oxygen atoms in total. The zero-order valence-electron chi connectivity index (χ0n) is 14.6. The number of amides is 2. The van der Waals surface area contributed by atoms with Crippen LogP contribution in [0.15, 0.2) is 43.0 Å². The Balaban J connectivity index is 1.51. The molecule has 0 bridgehead atoms. The third kappa shape index (κ3) is 3.01. The number of carbonyl (C=O) groups excluding carboxylic acids is 1. The van der Waals surface area contributed by atoms with Crippen molar-refractivity contribution in [1.29, 1.82) is 0 Å². The van der Waals surface area contributed by atoms with Crippen molar-refractivity contribution in [1.82, 2.24) is 29.6 Å². The van der Waals surface area contributed by atoms with Crippen molar-refractivity contribution in [3.05, 3.63) is 54.1 Å². The van der Waals surface area contributed by atoms with Crippen LogP contribution in [0, 0.1) is 0 Å². The number of rotatable bonds is 3. The van der Waals surface area contributed by atoms with E-state index in [1.807, 2.05) is 22.8 Å². The third-order valence-corrected chi connectivity index (χ3v) is 4.36. The highest BCUT2D eigenvalue weighted by Crippen LogP contribution is 2.23. The average molecular weight is 349 g/mol. The van der Waals surface area contributed by atoms with Gasteiger partial charge in [0.05, 0.1) is 0 Å². The van der Waals surface area contributed by atoms with Crippen LogP contribution in [0.1, 0.15) is 31.0 Å². The zero-order chi connectivity index (χ0) is 18.1. The molecule has 1 N–H and O–H groups in total. The summed E-state index contributed by atoms with van der Waals surface area (Å²) in [6, 6.07) is 7.45. The molecular formula is C18H19N7O. The van der Waals surface area contributed by atoms with Crippen molar-refractivity contribution in [3.63, 3.8) is 0 Å². The second-order valence-corrected chi connectivity index (χ2v) is 6.49. The monoisotopic (exact) mass is 349 g/mol. The lowest BCUT2D eigenvalue weighted by atomic mass is 10.2. The fourth-order valence-corrected chi connectivity index (χ4v) is 2.98. The van der Waals surface area contributed by atoms with Crippen LogP contribution < -0.4 is 5.32 Å². The van der Waals surface area contributed by atoms with E-state index in [0.717, 1.165) is 11.1 Å². The fraction of sp³-hybridized carbons (Fsp3) is 0.278. The highest BCUT2D eigenvalue weighted by molar-refractivity contribution is 5.88. The summed E-state index contributed by atoms with van der Waals surface area (Å²) in [7, 11) is 0. The van der Waals surface area contributed by atoms with Crippen molar-refractivity contribution in [2.75, 3.05) is 5.32 Å². The van der Waals surface area contributed by atoms with Crippen LogP contribution >= 0.6 is 0 Å². The molecule has 26 heavy (non-hydrogen) atoms. The second kappa shape index (κ2) is 6.55. The minimum Gasteiger partial charge on any atom is -0.316 e. The number of aromatic nitrogens is 5. The van der Waals surface area contributed by atoms with Crippen LogP contribution in [-0.4, -0.2) is 35.7 Å². The summed E-state index contributed by atoms with van der Waals surface area (Å²) in [6.07, 6.45) is 5.23. The van der Waals surface area contributed by atoms with E-state index in [0.29, 0.717) is 30.4 Å². The van der Waals surface area contributed by atoms with Crippen molar-refractivity contribution < 1.29 is 4.79 Å². The van der Waals surface area contributed by atoms with Gasteiger partial charge in [0.2, 0.25) is 0 Å². The maximum atomic E-state index is 12.6. The second-order valence-electron chi connectivity index (χ2n) is 6.49. The molecule has 4 heterocycles. The summed E-state index contributed by atoms with van der Waals surface area (Å²) in [4.78, 5) is 22.9. The third-order valence-electron chi connectivity index (χ3n) is 4.36. The van der Waals surface area contributed by atoms with Gasteiger partial charge in [0, 0.05) is 31.5 Å². The summed E-state index contributed by atoms with van der Waals surface area (Å²) < 4.78 is 1.94. The highest BCUT2D eigenvalue weighted by atomic mass is 16.2. The number of urea groups is 1. The molecule has 1 aliphatic rings. The Labute approximate surface area is 150 Å². The molecule has 0 aromatic carbocycles. The number of pyridine rings is 2. The Morgan fingerprint density at radius 2 is 2.04 bits per heavy atom. The molecule has 0 unspecified atom stereocenters. The molecule has 0 atom stereocenters. The highest BCUT2D eigenvalue weighted by Gasteiger charge is 2.23. The quantitative estimate of drug-likeness (QED) is 0.785. The Bertz CT molecular complexity index is 925. The van der Waals surface area contributed by atoms with Crippen LogP contribution in [0.4, 0.5) is 10.6 Å². The lowest BCUT2D eigenvalue weighted by Gasteiger charge is -2.16. The number of nitrogens with zero attached hydrogens (tertiary/aromatic N) is 6. The van der Waals surface area contributed by atoms with Gasteiger partial charge in [-0.3, -0.25) is 10.3 Å². The van der Waals surface area contributed by atoms with Crippen LogP contribution in [-0.2, 0) is 13.1 Å². The SMILES string of the molecule is CC(C)n1cnnc1-c1cccc(NC(=O)N2Cc3ccncc3C2)n1. The lowest BCUT2D eigenvalue weighted by molar-refractivity contribution is 0.212. The zero-order valence-corrected chi connectivity index (χ0v) is 14.6. The molecule has 0 fully saturated rings. The van der Waals surface area contributed by atoms with Gasteiger partial charge in [-0.15, -0.1) is 10.2 Å². The van der Waals surface area contributed by atoms with Gasteiger partial charge in [-0.25, -0.2) is 9.78 Å². The summed E-state index contributed by atoms with van der Waals surface area (Å²) in [5, 5.41) is 11.0. The first kappa shape index (κ1) is 16.2. The summed E-state index contributed by atoms with van der Waals surface area (Å²) in [5.41, 5.74) is 2.87. The standard InChI is InChI=1S/C18H19N7O/c1-12(2)25-11-20-23-17(25)15-4-3-5-16(21-15)22-18(26)24-9-13-6-7-19-8-14(13)10-24/h3-8,11-12H,9-10H2,1-2H3,(H,21,22,26). The molecule has 0 saturated carbocycles. The van der Waals surface area contributed by atoms with E-state index in [2.05, 4.69) is 39.3 Å². The van der Waals surface area contributed by atoms with Crippen LogP contribution in [0.5, 0.6) is 0 Å². The van der Waals surface area contributed by atoms with Crippen molar-refractivity contribution in [3.8, 4) is 11.5 Å². The normalized spacial score (nSPS) is 13.1. The maximum absolute atomic E-state index is 12.6. The van der Waals surface area contributed by atoms with Gasteiger partial charge in [-0.1, -0.05) is 6.07 Å². The average Bonchev–Trinajstić information content (AvgIpc) is 3.29. The van der Waals surface area contributed by atoms with Gasteiger partial charge in [0.1, 0.15) is 17.8 Å². The predicted molar refractivity (Wildman–Crippen MR) is 96.1 cm³/mol. The molecule has 2 amide bonds. The summed E-state index contributed by atoms with van der Waals surface area (Å²) >= 11 is 0. The van der Waals surface area contributed by atoms with E-state index in [1.165, 1.54) is 0 Å². The van der Waals surface area contributed by atoms with Gasteiger partial charge < -0.3 is 9.47 Å². The molecule has 1 aliphatic heterocycles. The number of fused-ring (bicyclic) bond motifs is 1. The van der Waals surface area contributed by atoms with E-state index in [4.69, 9.17) is 0 Å². The number of nitrogens with one attached hydrogen (secondary N) is 1. The van der Waals surface area contributed by atoms with Crippen molar-refractivity contribution in [2.45, 2.75) is 33.0 Å². The molecule has 0 aliphatic carbocycles. The van der Waals surface area contributed by atoms with E-state index in [1.54, 1.807) is 29.7 Å². The largest absolute Gasteiger partial charge is 0.323 e. The maximum Gasteiger partial charge on any atom is 0.323 e. The first-order chi connectivity index (χ1) is 12.6. The molecule has 0 radical (unpaired) electrons. The summed E-state index contributed by atoms with van der Waals surface area (Å²) in [6.45, 7) is 5.23. The minimum atomic E-state index is -0.184. The van der Waals surface area contributed by atoms with Gasteiger partial charge in [-0.05, 0) is 43.2 Å². The molecule has 132 valence electrons. The summed E-state index contributed by atoms with van der Waals surface area (Å²) in [5.74, 6) is 1.16. The van der Waals surface area contributed by atoms with Gasteiger partial charge in [0.25, 0.3) is 0 Å². The molecule has 0 saturated heterocycles. The van der Waals surface area contributed by atoms with E-state index in [9.17, 15) is 4.79 Å². The molecule has 3 aromatic heterocycles. The predicted octanol–water partition coefficient (Wildman–Crippen LogP) is 2.86. The van der Waals surface area contributed by atoms with Crippen molar-refractivity contribution >= 4 is 11.8 Å². The number of anilines is 1. The fourth-order valence-electron chi connectivity index (χ4n) is 2.98. The Kier molecular flexibility index (Phi) is 4.08. The van der Waals surface area contributed by atoms with E-state index >= 15 is 0 Å². The van der Waals surface area contributed by atoms with Gasteiger partial charge in [0.15, 0.2) is 5.82 Å². The number of hydrogen-bond acceptors (Lipinski definition) is 5. The Morgan fingerprint density at radius 3 is 2.85 bits per heavy atom. The van der Waals surface area contributed by atoms with Crippen LogP contribution in [0.2, 0.25) is 0 Å². The minimum absolute atomic E-state index is 0.184. The van der Waals surface area contributed by atoms with Crippen LogP contribution in [0.3, 0.4) is 0 Å². The Hall–Kier alpha value is -3.29. The van der Waals surface area contributed by atoms with Crippen molar-refractivity contribution in [2.24, 2.45) is 0 Å². The number of carbonyl (C=O) groups is 1. The molecule has 0 spiro atoms. The molecule has 4 rings (SSSR count). The van der Waals surface area contributed by atoms with E-state index < -0.39 is 0 Å². The van der Waals surface area contributed by atoms with Gasteiger partial charge in [-0.2, -0.15) is 0 Å². The number of hydrogen-bond donors (Lipinski definition) is 1. The Morgan fingerprint density at radius 1 is 1.19 bits per heavy atom. The first-order valence-electron chi connectivity index (χ1n) is 8.46. The topological polar surface area (TPSA) is 88.8 Å². The lowest BCUT2D eigenvalue weighted by Crippen LogP contribution is -2.30. The first-order valence-corrected chi connectivity index (χ1v) is 8.46. The smallest absolute Gasteiger partial charge is 0.316 e. The molecule has 3 aromatic rings.